The highest BCUT2D eigenvalue weighted by Gasteiger charge is 2.05. The molecule has 0 saturated heterocycles. The van der Waals surface area contributed by atoms with Gasteiger partial charge in [0.25, 0.3) is 0 Å². The van der Waals surface area contributed by atoms with Crippen molar-refractivity contribution in [2.24, 2.45) is 4.99 Å². The van der Waals surface area contributed by atoms with E-state index in [1.54, 1.807) is 11.8 Å². The van der Waals surface area contributed by atoms with E-state index in [9.17, 15) is 0 Å². The van der Waals surface area contributed by atoms with Crippen LogP contribution in [0.3, 0.4) is 0 Å². The van der Waals surface area contributed by atoms with Gasteiger partial charge >= 0.3 is 0 Å². The van der Waals surface area contributed by atoms with Gasteiger partial charge in [0.15, 0.2) is 5.96 Å². The lowest BCUT2D eigenvalue weighted by atomic mass is 10.3. The topological polar surface area (TPSA) is 67.1 Å². The summed E-state index contributed by atoms with van der Waals surface area (Å²) in [7, 11) is 3.56. The number of hydrogen-bond donors (Lipinski definition) is 2. The maximum absolute atomic E-state index is 4.33. The molecule has 0 fully saturated rings. The van der Waals surface area contributed by atoms with Gasteiger partial charge < -0.3 is 10.6 Å². The van der Waals surface area contributed by atoms with Crippen molar-refractivity contribution in [1.82, 2.24) is 25.6 Å². The number of hydrogen-bond acceptors (Lipinski definition) is 3. The Labute approximate surface area is 89.8 Å². The minimum atomic E-state index is 0.638. The number of nitrogens with one attached hydrogen (secondary N) is 2. The molecule has 2 N–H and O–H groups in total. The van der Waals surface area contributed by atoms with Crippen LogP contribution in [0.15, 0.2) is 4.99 Å². The van der Waals surface area contributed by atoms with Gasteiger partial charge in [-0.25, -0.2) is 0 Å². The number of aromatic nitrogens is 3. The Balaban J connectivity index is 2.60. The number of aryl methyl sites for hydroxylation is 2. The molecule has 0 aliphatic heterocycles. The fourth-order valence-corrected chi connectivity index (χ4v) is 1.22. The number of rotatable bonds is 3. The van der Waals surface area contributed by atoms with E-state index in [1.807, 2.05) is 20.9 Å². The van der Waals surface area contributed by atoms with Crippen molar-refractivity contribution < 1.29 is 0 Å². The molecule has 84 valence electrons. The average molecular weight is 210 g/mol. The predicted molar refractivity (Wildman–Crippen MR) is 59.7 cm³/mol. The first kappa shape index (κ1) is 11.5. The summed E-state index contributed by atoms with van der Waals surface area (Å²) in [5, 5.41) is 14.7. The summed E-state index contributed by atoms with van der Waals surface area (Å²) in [6.45, 7) is 5.41. The highest BCUT2D eigenvalue weighted by atomic mass is 15.5. The van der Waals surface area contributed by atoms with Gasteiger partial charge in [-0.15, -0.1) is 0 Å². The Bertz CT molecular complexity index is 340. The summed E-state index contributed by atoms with van der Waals surface area (Å²) < 4.78 is 0. The third-order valence-corrected chi connectivity index (χ3v) is 2.09. The van der Waals surface area contributed by atoms with E-state index >= 15 is 0 Å². The van der Waals surface area contributed by atoms with Crippen LogP contribution in [0.5, 0.6) is 0 Å². The van der Waals surface area contributed by atoms with Crippen LogP contribution < -0.4 is 10.6 Å². The average Bonchev–Trinajstić information content (AvgIpc) is 2.61. The molecule has 0 radical (unpaired) electrons. The third-order valence-electron chi connectivity index (χ3n) is 2.09. The maximum atomic E-state index is 4.33. The number of aliphatic imine (C=N–C) groups is 1. The molecule has 1 rings (SSSR count). The molecule has 15 heavy (non-hydrogen) atoms. The highest BCUT2D eigenvalue weighted by Crippen LogP contribution is 1.99. The van der Waals surface area contributed by atoms with E-state index in [4.69, 9.17) is 0 Å². The molecule has 0 aliphatic rings. The minimum absolute atomic E-state index is 0.638. The fourth-order valence-electron chi connectivity index (χ4n) is 1.22. The van der Waals surface area contributed by atoms with Gasteiger partial charge in [-0.1, -0.05) is 0 Å². The fraction of sp³-hybridized carbons (Fsp3) is 0.667. The molecule has 0 aliphatic carbocycles. The van der Waals surface area contributed by atoms with Crippen LogP contribution in [0, 0.1) is 6.92 Å². The van der Waals surface area contributed by atoms with Crippen LogP contribution in [0.2, 0.25) is 0 Å². The van der Waals surface area contributed by atoms with Crippen molar-refractivity contribution in [3.05, 3.63) is 11.4 Å². The maximum Gasteiger partial charge on any atom is 0.191 e. The molecule has 0 saturated carbocycles. The SMILES string of the molecule is CCn1nc(C)c(CNC(=NC)NC)n1. The lowest BCUT2D eigenvalue weighted by molar-refractivity contribution is 0.560. The Hall–Kier alpha value is -1.59. The van der Waals surface area contributed by atoms with Gasteiger partial charge in [-0.2, -0.15) is 15.0 Å². The van der Waals surface area contributed by atoms with Crippen LogP contribution in [-0.4, -0.2) is 35.0 Å². The summed E-state index contributed by atoms with van der Waals surface area (Å²) >= 11 is 0. The molecule has 0 atom stereocenters. The smallest absolute Gasteiger partial charge is 0.191 e. The number of nitrogens with zero attached hydrogens (tertiary/aromatic N) is 4. The van der Waals surface area contributed by atoms with Crippen molar-refractivity contribution in [2.75, 3.05) is 14.1 Å². The molecule has 0 amide bonds. The zero-order chi connectivity index (χ0) is 11.3. The molecular formula is C9H18N6. The van der Waals surface area contributed by atoms with Crippen molar-refractivity contribution in [3.63, 3.8) is 0 Å². The van der Waals surface area contributed by atoms with E-state index in [0.29, 0.717) is 6.54 Å². The molecular weight excluding hydrogens is 192 g/mol. The van der Waals surface area contributed by atoms with Gasteiger partial charge in [-0.3, -0.25) is 4.99 Å². The Morgan fingerprint density at radius 2 is 2.20 bits per heavy atom. The van der Waals surface area contributed by atoms with E-state index in [-0.39, 0.29) is 0 Å². The van der Waals surface area contributed by atoms with Gasteiger partial charge in [0, 0.05) is 14.1 Å². The largest absolute Gasteiger partial charge is 0.359 e. The first-order chi connectivity index (χ1) is 7.21. The van der Waals surface area contributed by atoms with Crippen molar-refractivity contribution in [2.45, 2.75) is 26.9 Å². The first-order valence-corrected chi connectivity index (χ1v) is 5.00. The van der Waals surface area contributed by atoms with Crippen LogP contribution in [0.4, 0.5) is 0 Å². The zero-order valence-electron chi connectivity index (χ0n) is 9.70. The lowest BCUT2D eigenvalue weighted by Crippen LogP contribution is -2.34. The van der Waals surface area contributed by atoms with Crippen LogP contribution in [0.25, 0.3) is 0 Å². The normalized spacial score (nSPS) is 11.6. The van der Waals surface area contributed by atoms with Gasteiger partial charge in [-0.05, 0) is 13.8 Å². The highest BCUT2D eigenvalue weighted by molar-refractivity contribution is 5.79. The Morgan fingerprint density at radius 3 is 2.67 bits per heavy atom. The molecule has 0 aromatic carbocycles. The van der Waals surface area contributed by atoms with E-state index in [1.165, 1.54) is 0 Å². The van der Waals surface area contributed by atoms with Crippen molar-refractivity contribution in [1.29, 1.82) is 0 Å². The monoisotopic (exact) mass is 210 g/mol. The molecule has 0 unspecified atom stereocenters. The van der Waals surface area contributed by atoms with Gasteiger partial charge in [0.05, 0.1) is 18.8 Å². The lowest BCUT2D eigenvalue weighted by Gasteiger charge is -2.06. The van der Waals surface area contributed by atoms with Crippen molar-refractivity contribution >= 4 is 5.96 Å². The summed E-state index contributed by atoms with van der Waals surface area (Å²) in [4.78, 5) is 5.71. The quantitative estimate of drug-likeness (QED) is 0.540. The second kappa shape index (κ2) is 5.33. The predicted octanol–water partition coefficient (Wildman–Crippen LogP) is -0.0988. The van der Waals surface area contributed by atoms with E-state index < -0.39 is 0 Å². The number of guanidine groups is 1. The minimum Gasteiger partial charge on any atom is -0.359 e. The zero-order valence-corrected chi connectivity index (χ0v) is 9.70. The second-order valence-corrected chi connectivity index (χ2v) is 3.10. The molecule has 6 nitrogen and oxygen atoms in total. The molecule has 0 bridgehead atoms. The molecule has 0 spiro atoms. The molecule has 1 aromatic rings. The summed E-state index contributed by atoms with van der Waals surface area (Å²) in [6, 6.07) is 0. The summed E-state index contributed by atoms with van der Waals surface area (Å²) in [5.41, 5.74) is 1.91. The molecule has 1 aromatic heterocycles. The Morgan fingerprint density at radius 1 is 1.47 bits per heavy atom. The van der Waals surface area contributed by atoms with E-state index in [0.717, 1.165) is 23.9 Å². The van der Waals surface area contributed by atoms with Gasteiger partial charge in [0.1, 0.15) is 5.69 Å². The van der Waals surface area contributed by atoms with Crippen LogP contribution in [0.1, 0.15) is 18.3 Å². The molecule has 1 heterocycles. The van der Waals surface area contributed by atoms with Gasteiger partial charge in [0.2, 0.25) is 0 Å². The molecule has 6 heteroatoms. The first-order valence-electron chi connectivity index (χ1n) is 5.00. The third kappa shape index (κ3) is 2.93. The summed E-state index contributed by atoms with van der Waals surface area (Å²) in [5.74, 6) is 0.750. The van der Waals surface area contributed by atoms with E-state index in [2.05, 4.69) is 25.8 Å². The second-order valence-electron chi connectivity index (χ2n) is 3.10. The van der Waals surface area contributed by atoms with Crippen LogP contribution >= 0.6 is 0 Å². The Kier molecular flexibility index (Phi) is 4.08. The standard InChI is InChI=1S/C9H18N6/c1-5-15-13-7(2)8(14-15)6-12-9(10-3)11-4/h5-6H2,1-4H3,(H2,10,11,12). The van der Waals surface area contributed by atoms with Crippen LogP contribution in [-0.2, 0) is 13.1 Å². The summed E-state index contributed by atoms with van der Waals surface area (Å²) in [6.07, 6.45) is 0. The van der Waals surface area contributed by atoms with Crippen molar-refractivity contribution in [3.8, 4) is 0 Å².